The van der Waals surface area contributed by atoms with Crippen molar-refractivity contribution in [1.82, 2.24) is 0 Å². The van der Waals surface area contributed by atoms with E-state index < -0.39 is 17.5 Å². The zero-order valence-electron chi connectivity index (χ0n) is 18.9. The average molecular weight is 421 g/mol. The number of carboxylic acids is 1. The Morgan fingerprint density at radius 1 is 1.17 bits per heavy atom. The van der Waals surface area contributed by atoms with Crippen LogP contribution in [-0.4, -0.2) is 34.4 Å². The first-order valence-corrected chi connectivity index (χ1v) is 12.0. The van der Waals surface area contributed by atoms with Crippen LogP contribution in [0.3, 0.4) is 0 Å². The van der Waals surface area contributed by atoms with Gasteiger partial charge in [0, 0.05) is 24.7 Å². The lowest BCUT2D eigenvalue weighted by Crippen LogP contribution is -2.51. The molecule has 0 aliphatic heterocycles. The molecule has 8 atom stereocenters. The second-order valence-corrected chi connectivity index (χ2v) is 10.8. The topological polar surface area (TPSA) is 91.7 Å². The van der Waals surface area contributed by atoms with Crippen molar-refractivity contribution in [3.05, 3.63) is 0 Å². The third-order valence-corrected chi connectivity index (χ3v) is 9.57. The fourth-order valence-corrected chi connectivity index (χ4v) is 7.88. The summed E-state index contributed by atoms with van der Waals surface area (Å²) in [6.07, 6.45) is 8.82. The first-order valence-electron chi connectivity index (χ1n) is 12.0. The predicted molar refractivity (Wildman–Crippen MR) is 115 cm³/mol. The summed E-state index contributed by atoms with van der Waals surface area (Å²) in [6, 6.07) is 0. The number of Topliss-reactive ketones (excluding diaryl/α,β-unsaturated/α-hetero) is 1. The fraction of sp³-hybridized carbons (Fsp3) is 0.880. The maximum absolute atomic E-state index is 13.0. The highest BCUT2D eigenvalue weighted by Gasteiger charge is 2.59. The van der Waals surface area contributed by atoms with Gasteiger partial charge in [-0.15, -0.1) is 0 Å². The molecule has 3 unspecified atom stereocenters. The van der Waals surface area contributed by atoms with Crippen molar-refractivity contribution in [1.29, 1.82) is 0 Å². The number of aliphatic hydroxyl groups excluding tert-OH is 1. The van der Waals surface area contributed by atoms with Gasteiger partial charge in [-0.1, -0.05) is 27.2 Å². The van der Waals surface area contributed by atoms with Crippen molar-refractivity contribution >= 4 is 18.0 Å². The first-order chi connectivity index (χ1) is 14.2. The van der Waals surface area contributed by atoms with Crippen LogP contribution in [0.5, 0.6) is 0 Å². The molecule has 5 heteroatoms. The van der Waals surface area contributed by atoms with Gasteiger partial charge in [0.2, 0.25) is 0 Å². The van der Waals surface area contributed by atoms with Crippen LogP contribution < -0.4 is 0 Å². The minimum absolute atomic E-state index is 0.122. The number of rotatable bonds is 8. The predicted octanol–water partition coefficient (Wildman–Crippen LogP) is 4.65. The number of aldehydes is 1. The second kappa shape index (κ2) is 9.10. The largest absolute Gasteiger partial charge is 0.481 e. The molecule has 0 radical (unpaired) electrons. The molecule has 170 valence electrons. The lowest BCUT2D eigenvalue weighted by molar-refractivity contribution is -0.146. The summed E-state index contributed by atoms with van der Waals surface area (Å²) in [6.45, 7) is 6.63. The molecular weight excluding hydrogens is 380 g/mol. The molecule has 3 saturated carbocycles. The Morgan fingerprint density at radius 3 is 2.50 bits per heavy atom. The highest BCUT2D eigenvalue weighted by Crippen LogP contribution is 2.65. The third-order valence-electron chi connectivity index (χ3n) is 9.57. The van der Waals surface area contributed by atoms with E-state index in [-0.39, 0.29) is 35.9 Å². The Hall–Kier alpha value is -1.23. The van der Waals surface area contributed by atoms with Crippen molar-refractivity contribution in [2.24, 2.45) is 40.4 Å². The number of aliphatic carboxylic acids is 1. The molecule has 5 nitrogen and oxygen atoms in total. The second-order valence-electron chi connectivity index (χ2n) is 10.8. The standard InChI is InChI=1S/C25H40O5/c1-4-16(5-8-23(29)30)19-6-7-20-18(11-14-26)21(10-13-24(19,20)2)25(3)12-9-17(27)15-22(25)28/h14,16-21,27H,4-13,15H2,1-3H3,(H,29,30)/t16-,17+,18?,19-,20?,21?,24-,25-/m1/s1. The molecule has 3 aliphatic carbocycles. The Labute approximate surface area is 181 Å². The lowest BCUT2D eigenvalue weighted by atomic mass is 9.49. The molecule has 0 aromatic carbocycles. The summed E-state index contributed by atoms with van der Waals surface area (Å²) in [7, 11) is 0. The minimum Gasteiger partial charge on any atom is -0.481 e. The number of hydrogen-bond acceptors (Lipinski definition) is 4. The lowest BCUT2D eigenvalue weighted by Gasteiger charge is -2.55. The molecule has 0 spiro atoms. The molecule has 0 bridgehead atoms. The van der Waals surface area contributed by atoms with Crippen molar-refractivity contribution in [2.75, 3.05) is 0 Å². The number of aliphatic hydroxyl groups is 1. The molecule has 3 fully saturated rings. The van der Waals surface area contributed by atoms with Crippen LogP contribution in [0.2, 0.25) is 0 Å². The normalized spacial score (nSPS) is 42.5. The van der Waals surface area contributed by atoms with Gasteiger partial charge in [-0.2, -0.15) is 0 Å². The van der Waals surface area contributed by atoms with Crippen molar-refractivity contribution < 1.29 is 24.6 Å². The molecular formula is C25H40O5. The quantitative estimate of drug-likeness (QED) is 0.558. The first kappa shape index (κ1) is 23.4. The van der Waals surface area contributed by atoms with E-state index in [1.807, 2.05) is 0 Å². The van der Waals surface area contributed by atoms with E-state index in [4.69, 9.17) is 0 Å². The van der Waals surface area contributed by atoms with Gasteiger partial charge < -0.3 is 15.0 Å². The van der Waals surface area contributed by atoms with E-state index in [9.17, 15) is 24.6 Å². The van der Waals surface area contributed by atoms with E-state index in [0.29, 0.717) is 30.6 Å². The van der Waals surface area contributed by atoms with Gasteiger partial charge in [-0.25, -0.2) is 0 Å². The Balaban J connectivity index is 1.84. The van der Waals surface area contributed by atoms with Crippen LogP contribution in [0.15, 0.2) is 0 Å². The average Bonchev–Trinajstić information content (AvgIpc) is 3.03. The third kappa shape index (κ3) is 4.11. The van der Waals surface area contributed by atoms with E-state index in [2.05, 4.69) is 20.8 Å². The maximum atomic E-state index is 13.0. The molecule has 0 aromatic rings. The molecule has 0 amide bonds. The zero-order valence-corrected chi connectivity index (χ0v) is 18.9. The van der Waals surface area contributed by atoms with Crippen LogP contribution in [0, 0.1) is 40.4 Å². The molecule has 3 rings (SSSR count). The Bertz CT molecular complexity index is 660. The van der Waals surface area contributed by atoms with Crippen LogP contribution in [0.1, 0.15) is 91.4 Å². The highest BCUT2D eigenvalue weighted by molar-refractivity contribution is 5.86. The number of fused-ring (bicyclic) bond motifs is 1. The van der Waals surface area contributed by atoms with Crippen molar-refractivity contribution in [3.8, 4) is 0 Å². The Kier molecular flexibility index (Phi) is 7.11. The van der Waals surface area contributed by atoms with Gasteiger partial charge in [0.05, 0.1) is 6.10 Å². The van der Waals surface area contributed by atoms with Gasteiger partial charge in [0.25, 0.3) is 0 Å². The number of carboxylic acid groups (broad SMARTS) is 1. The van der Waals surface area contributed by atoms with E-state index in [0.717, 1.165) is 51.2 Å². The van der Waals surface area contributed by atoms with Crippen LogP contribution in [0.25, 0.3) is 0 Å². The maximum Gasteiger partial charge on any atom is 0.303 e. The molecule has 0 saturated heterocycles. The number of carbonyl (C=O) groups excluding carboxylic acids is 2. The van der Waals surface area contributed by atoms with Crippen LogP contribution in [0.4, 0.5) is 0 Å². The summed E-state index contributed by atoms with van der Waals surface area (Å²) in [5.41, 5.74) is -0.309. The van der Waals surface area contributed by atoms with Crippen LogP contribution >= 0.6 is 0 Å². The van der Waals surface area contributed by atoms with Crippen molar-refractivity contribution in [3.63, 3.8) is 0 Å². The minimum atomic E-state index is -0.721. The summed E-state index contributed by atoms with van der Waals surface area (Å²) >= 11 is 0. The SMILES string of the molecule is CC[C@H](CCC(=O)O)[C@H]1CCC2C(CC=O)C([C@@]3(C)CC[C@H](O)CC3=O)CC[C@@]21C. The Morgan fingerprint density at radius 2 is 1.90 bits per heavy atom. The van der Waals surface area contributed by atoms with E-state index >= 15 is 0 Å². The smallest absolute Gasteiger partial charge is 0.303 e. The van der Waals surface area contributed by atoms with Crippen molar-refractivity contribution in [2.45, 2.75) is 97.5 Å². The molecule has 2 N–H and O–H groups in total. The molecule has 3 aliphatic rings. The zero-order chi connectivity index (χ0) is 22.1. The van der Waals surface area contributed by atoms with Gasteiger partial charge in [-0.3, -0.25) is 9.59 Å². The van der Waals surface area contributed by atoms with Gasteiger partial charge in [-0.05, 0) is 80.0 Å². The van der Waals surface area contributed by atoms with Gasteiger partial charge >= 0.3 is 5.97 Å². The monoisotopic (exact) mass is 420 g/mol. The van der Waals surface area contributed by atoms with Crippen LogP contribution in [-0.2, 0) is 14.4 Å². The highest BCUT2D eigenvalue weighted by atomic mass is 16.4. The van der Waals surface area contributed by atoms with E-state index in [1.54, 1.807) is 0 Å². The van der Waals surface area contributed by atoms with Gasteiger partial charge in [0.15, 0.2) is 0 Å². The summed E-state index contributed by atoms with van der Waals surface area (Å²) in [5.74, 6) is 1.20. The number of ketones is 1. The number of hydrogen-bond donors (Lipinski definition) is 2. The van der Waals surface area contributed by atoms with Gasteiger partial charge in [0.1, 0.15) is 12.1 Å². The van der Waals surface area contributed by atoms with E-state index in [1.165, 1.54) is 0 Å². The summed E-state index contributed by atoms with van der Waals surface area (Å²) in [5, 5.41) is 19.1. The molecule has 0 aromatic heterocycles. The molecule has 0 heterocycles. The summed E-state index contributed by atoms with van der Waals surface area (Å²) in [4.78, 5) is 35.9. The molecule has 30 heavy (non-hydrogen) atoms. The summed E-state index contributed by atoms with van der Waals surface area (Å²) < 4.78 is 0. The number of carbonyl (C=O) groups is 3. The fourth-order valence-electron chi connectivity index (χ4n) is 7.88.